The van der Waals surface area contributed by atoms with Crippen LogP contribution in [0.15, 0.2) is 42.5 Å². The molecule has 6 heteroatoms. The summed E-state index contributed by atoms with van der Waals surface area (Å²) in [5, 5.41) is 15.4. The monoisotopic (exact) mass is 340 g/mol. The number of rotatable bonds is 4. The third-order valence-electron chi connectivity index (χ3n) is 4.03. The van der Waals surface area contributed by atoms with Crippen LogP contribution in [-0.4, -0.2) is 29.6 Å². The van der Waals surface area contributed by atoms with Gasteiger partial charge in [0.1, 0.15) is 11.9 Å². The minimum absolute atomic E-state index is 0.0575. The molecule has 1 aliphatic rings. The molecule has 1 aliphatic heterocycles. The van der Waals surface area contributed by atoms with Crippen molar-refractivity contribution >= 4 is 23.2 Å². The molecule has 2 aromatic rings. The highest BCUT2D eigenvalue weighted by atomic mass is 16.5. The summed E-state index contributed by atoms with van der Waals surface area (Å²) >= 11 is 0. The molecule has 25 heavy (non-hydrogen) atoms. The molecular weight excluding hydrogens is 320 g/mol. The fraction of sp³-hybridized carbons (Fsp3) is 0.263. The van der Waals surface area contributed by atoms with E-state index in [0.717, 1.165) is 18.4 Å². The second kappa shape index (κ2) is 7.36. The van der Waals surface area contributed by atoms with Gasteiger partial charge in [0, 0.05) is 18.0 Å². The first kappa shape index (κ1) is 17.0. The Labute approximate surface area is 145 Å². The largest absolute Gasteiger partial charge is 0.507 e. The highest BCUT2D eigenvalue weighted by molar-refractivity contribution is 6.06. The molecule has 0 bridgehead atoms. The molecule has 2 amide bonds. The fourth-order valence-corrected chi connectivity index (χ4v) is 2.68. The molecule has 1 fully saturated rings. The molecule has 0 saturated carbocycles. The summed E-state index contributed by atoms with van der Waals surface area (Å²) in [5.74, 6) is -0.606. The average molecular weight is 340 g/mol. The van der Waals surface area contributed by atoms with Crippen molar-refractivity contribution in [3.05, 3.63) is 53.6 Å². The van der Waals surface area contributed by atoms with Crippen molar-refractivity contribution < 1.29 is 19.4 Å². The maximum absolute atomic E-state index is 12.2. The second-order valence-corrected chi connectivity index (χ2v) is 6.04. The summed E-state index contributed by atoms with van der Waals surface area (Å²) in [6, 6.07) is 11.7. The number of benzene rings is 2. The summed E-state index contributed by atoms with van der Waals surface area (Å²) in [6.07, 6.45) is 1.25. The molecular formula is C19H20N2O4. The molecule has 1 atom stereocenters. The lowest BCUT2D eigenvalue weighted by atomic mass is 10.1. The van der Waals surface area contributed by atoms with Crippen LogP contribution < -0.4 is 10.6 Å². The zero-order valence-electron chi connectivity index (χ0n) is 13.9. The van der Waals surface area contributed by atoms with Gasteiger partial charge in [0.2, 0.25) is 0 Å². The lowest BCUT2D eigenvalue weighted by Crippen LogP contribution is -2.26. The Bertz CT molecular complexity index is 781. The van der Waals surface area contributed by atoms with E-state index in [2.05, 4.69) is 10.6 Å². The Morgan fingerprint density at radius 2 is 1.76 bits per heavy atom. The van der Waals surface area contributed by atoms with Gasteiger partial charge in [-0.15, -0.1) is 0 Å². The molecule has 6 nitrogen and oxygen atoms in total. The van der Waals surface area contributed by atoms with E-state index in [-0.39, 0.29) is 23.3 Å². The van der Waals surface area contributed by atoms with Crippen LogP contribution in [-0.2, 0) is 9.53 Å². The average Bonchev–Trinajstić information content (AvgIpc) is 3.11. The van der Waals surface area contributed by atoms with Crippen LogP contribution in [0.3, 0.4) is 0 Å². The predicted molar refractivity (Wildman–Crippen MR) is 94.8 cm³/mol. The zero-order valence-corrected chi connectivity index (χ0v) is 13.9. The molecule has 0 aliphatic carbocycles. The Morgan fingerprint density at radius 3 is 2.36 bits per heavy atom. The van der Waals surface area contributed by atoms with E-state index < -0.39 is 5.91 Å². The SMILES string of the molecule is Cc1ccc(C(=O)Nc2ccc(NC(=O)C3CCCO3)cc2)c(O)c1. The Balaban J connectivity index is 1.62. The van der Waals surface area contributed by atoms with E-state index in [1.54, 1.807) is 42.5 Å². The molecule has 130 valence electrons. The van der Waals surface area contributed by atoms with Crippen LogP contribution in [0.5, 0.6) is 5.75 Å². The number of aryl methyl sites for hydroxylation is 1. The van der Waals surface area contributed by atoms with Crippen LogP contribution in [0.25, 0.3) is 0 Å². The van der Waals surface area contributed by atoms with Crippen LogP contribution in [0.4, 0.5) is 11.4 Å². The Hall–Kier alpha value is -2.86. The number of anilines is 2. The smallest absolute Gasteiger partial charge is 0.259 e. The van der Waals surface area contributed by atoms with Gasteiger partial charge in [-0.1, -0.05) is 6.07 Å². The molecule has 1 saturated heterocycles. The number of ether oxygens (including phenoxy) is 1. The topological polar surface area (TPSA) is 87.7 Å². The van der Waals surface area contributed by atoms with Gasteiger partial charge in [-0.25, -0.2) is 0 Å². The van der Waals surface area contributed by atoms with Crippen molar-refractivity contribution in [2.75, 3.05) is 17.2 Å². The number of carbonyl (C=O) groups is 2. The van der Waals surface area contributed by atoms with Crippen LogP contribution in [0, 0.1) is 6.92 Å². The molecule has 0 radical (unpaired) electrons. The predicted octanol–water partition coefficient (Wildman–Crippen LogP) is 3.07. The van der Waals surface area contributed by atoms with Crippen molar-refractivity contribution in [2.45, 2.75) is 25.9 Å². The maximum Gasteiger partial charge on any atom is 0.259 e. The number of hydrogen-bond acceptors (Lipinski definition) is 4. The Kier molecular flexibility index (Phi) is 5.00. The van der Waals surface area contributed by atoms with E-state index in [4.69, 9.17) is 4.74 Å². The molecule has 1 unspecified atom stereocenters. The number of hydrogen-bond donors (Lipinski definition) is 3. The molecule has 3 rings (SSSR count). The van der Waals surface area contributed by atoms with E-state index in [0.29, 0.717) is 18.0 Å². The third-order valence-corrected chi connectivity index (χ3v) is 4.03. The number of phenolic OH excluding ortho intramolecular Hbond substituents is 1. The summed E-state index contributed by atoms with van der Waals surface area (Å²) in [5.41, 5.74) is 2.29. The molecule has 2 aromatic carbocycles. The van der Waals surface area contributed by atoms with Gasteiger partial charge >= 0.3 is 0 Å². The van der Waals surface area contributed by atoms with Crippen LogP contribution in [0.2, 0.25) is 0 Å². The number of nitrogens with one attached hydrogen (secondary N) is 2. The zero-order chi connectivity index (χ0) is 17.8. The maximum atomic E-state index is 12.2. The summed E-state index contributed by atoms with van der Waals surface area (Å²) in [4.78, 5) is 24.2. The summed E-state index contributed by atoms with van der Waals surface area (Å²) in [6.45, 7) is 2.46. The molecule has 0 aromatic heterocycles. The Morgan fingerprint density at radius 1 is 1.08 bits per heavy atom. The highest BCUT2D eigenvalue weighted by Gasteiger charge is 2.23. The fourth-order valence-electron chi connectivity index (χ4n) is 2.68. The summed E-state index contributed by atoms with van der Waals surface area (Å²) in [7, 11) is 0. The van der Waals surface area contributed by atoms with Crippen molar-refractivity contribution in [1.29, 1.82) is 0 Å². The number of carbonyl (C=O) groups excluding carboxylic acids is 2. The van der Waals surface area contributed by atoms with E-state index in [9.17, 15) is 14.7 Å². The van der Waals surface area contributed by atoms with E-state index in [1.807, 2.05) is 6.92 Å². The first-order valence-corrected chi connectivity index (χ1v) is 8.16. The van der Waals surface area contributed by atoms with Crippen molar-refractivity contribution in [2.24, 2.45) is 0 Å². The van der Waals surface area contributed by atoms with Crippen molar-refractivity contribution in [3.8, 4) is 5.75 Å². The first-order chi connectivity index (χ1) is 12.0. The van der Waals surface area contributed by atoms with E-state index >= 15 is 0 Å². The van der Waals surface area contributed by atoms with Crippen molar-refractivity contribution in [1.82, 2.24) is 0 Å². The number of phenols is 1. The molecule has 1 heterocycles. The third kappa shape index (κ3) is 4.16. The minimum Gasteiger partial charge on any atom is -0.507 e. The van der Waals surface area contributed by atoms with Gasteiger partial charge in [0.15, 0.2) is 0 Å². The van der Waals surface area contributed by atoms with Gasteiger partial charge in [-0.05, 0) is 61.7 Å². The van der Waals surface area contributed by atoms with Crippen LogP contribution >= 0.6 is 0 Å². The summed E-state index contributed by atoms with van der Waals surface area (Å²) < 4.78 is 5.34. The van der Waals surface area contributed by atoms with Gasteiger partial charge in [-0.3, -0.25) is 9.59 Å². The standard InChI is InChI=1S/C19H20N2O4/c1-12-4-9-15(16(22)11-12)18(23)20-13-5-7-14(8-6-13)21-19(24)17-3-2-10-25-17/h4-9,11,17,22H,2-3,10H2,1H3,(H,20,23)(H,21,24). The van der Waals surface area contributed by atoms with Crippen LogP contribution in [0.1, 0.15) is 28.8 Å². The minimum atomic E-state index is -0.395. The number of amides is 2. The van der Waals surface area contributed by atoms with Gasteiger partial charge in [0.25, 0.3) is 11.8 Å². The highest BCUT2D eigenvalue weighted by Crippen LogP contribution is 2.21. The quantitative estimate of drug-likeness (QED) is 0.798. The first-order valence-electron chi connectivity index (χ1n) is 8.16. The lowest BCUT2D eigenvalue weighted by molar-refractivity contribution is -0.124. The second-order valence-electron chi connectivity index (χ2n) is 6.04. The van der Waals surface area contributed by atoms with E-state index in [1.165, 1.54) is 0 Å². The normalized spacial score (nSPS) is 16.4. The van der Waals surface area contributed by atoms with Gasteiger partial charge in [0.05, 0.1) is 5.56 Å². The van der Waals surface area contributed by atoms with Crippen molar-refractivity contribution in [3.63, 3.8) is 0 Å². The molecule has 3 N–H and O–H groups in total. The molecule has 0 spiro atoms. The van der Waals surface area contributed by atoms with Gasteiger partial charge < -0.3 is 20.5 Å². The number of aromatic hydroxyl groups is 1. The lowest BCUT2D eigenvalue weighted by Gasteiger charge is -2.11. The van der Waals surface area contributed by atoms with Gasteiger partial charge in [-0.2, -0.15) is 0 Å².